The average molecular weight is 281 g/mol. The zero-order chi connectivity index (χ0) is 11.9. The zero-order valence-electron chi connectivity index (χ0n) is 9.49. The molecule has 0 saturated heterocycles. The number of aldehydes is 1. The van der Waals surface area contributed by atoms with Gasteiger partial charge in [0.15, 0.2) is 6.29 Å². The van der Waals surface area contributed by atoms with Crippen molar-refractivity contribution in [2.45, 2.75) is 26.2 Å². The van der Waals surface area contributed by atoms with E-state index < -0.39 is 0 Å². The van der Waals surface area contributed by atoms with E-state index in [0.29, 0.717) is 5.69 Å². The Morgan fingerprint density at radius 2 is 2.12 bits per heavy atom. The van der Waals surface area contributed by atoms with Gasteiger partial charge in [0.1, 0.15) is 11.5 Å². The van der Waals surface area contributed by atoms with Gasteiger partial charge in [-0.05, 0) is 28.1 Å². The number of carbonyl (C=O) groups excluding carboxylic acids is 1. The predicted molar refractivity (Wildman–Crippen MR) is 67.0 cm³/mol. The highest BCUT2D eigenvalue weighted by molar-refractivity contribution is 9.10. The molecule has 2 heterocycles. The van der Waals surface area contributed by atoms with Crippen LogP contribution in [0.5, 0.6) is 0 Å². The minimum Gasteiger partial charge on any atom is -0.301 e. The third kappa shape index (κ3) is 1.67. The summed E-state index contributed by atoms with van der Waals surface area (Å²) in [6.45, 7) is 6.24. The van der Waals surface area contributed by atoms with Gasteiger partial charge in [-0.1, -0.05) is 20.8 Å². The molecule has 0 radical (unpaired) electrons. The summed E-state index contributed by atoms with van der Waals surface area (Å²) in [6.07, 6.45) is 2.73. The van der Waals surface area contributed by atoms with Crippen LogP contribution in [0.15, 0.2) is 22.8 Å². The van der Waals surface area contributed by atoms with E-state index in [-0.39, 0.29) is 5.41 Å². The van der Waals surface area contributed by atoms with Crippen molar-refractivity contribution in [3.05, 3.63) is 34.3 Å². The minimum atomic E-state index is -0.0923. The molecule has 0 saturated carbocycles. The molecule has 0 atom stereocenters. The molecule has 0 bridgehead atoms. The Bertz CT molecular complexity index is 552. The number of carbonyl (C=O) groups is 1. The Kier molecular flexibility index (Phi) is 2.62. The Balaban J connectivity index is 2.89. The Morgan fingerprint density at radius 1 is 1.44 bits per heavy atom. The standard InChI is InChI=1S/C12H13BrN2O/c1-12(2,3)11-14-9(7-16)10-8(13)5-4-6-15(10)11/h4-7H,1-3H3. The van der Waals surface area contributed by atoms with Crippen molar-refractivity contribution < 1.29 is 4.79 Å². The monoisotopic (exact) mass is 280 g/mol. The van der Waals surface area contributed by atoms with E-state index in [2.05, 4.69) is 41.7 Å². The number of aromatic nitrogens is 2. The summed E-state index contributed by atoms with van der Waals surface area (Å²) in [4.78, 5) is 15.4. The Labute approximate surface area is 103 Å². The minimum absolute atomic E-state index is 0.0923. The first-order chi connectivity index (χ1) is 7.45. The third-order valence-corrected chi connectivity index (χ3v) is 3.06. The number of hydrogen-bond acceptors (Lipinski definition) is 2. The van der Waals surface area contributed by atoms with Gasteiger partial charge in [-0.25, -0.2) is 4.98 Å². The van der Waals surface area contributed by atoms with Crippen LogP contribution in [0.25, 0.3) is 5.52 Å². The van der Waals surface area contributed by atoms with E-state index in [9.17, 15) is 4.79 Å². The quantitative estimate of drug-likeness (QED) is 0.752. The molecule has 0 aliphatic carbocycles. The number of imidazole rings is 1. The van der Waals surface area contributed by atoms with Crippen LogP contribution in [0.2, 0.25) is 0 Å². The van der Waals surface area contributed by atoms with Crippen molar-refractivity contribution in [3.8, 4) is 0 Å². The highest BCUT2D eigenvalue weighted by Gasteiger charge is 2.22. The lowest BCUT2D eigenvalue weighted by Crippen LogP contribution is -2.15. The second-order valence-electron chi connectivity index (χ2n) is 4.76. The van der Waals surface area contributed by atoms with Crippen molar-refractivity contribution in [1.82, 2.24) is 9.38 Å². The van der Waals surface area contributed by atoms with Crippen molar-refractivity contribution in [3.63, 3.8) is 0 Å². The summed E-state index contributed by atoms with van der Waals surface area (Å²) in [5, 5.41) is 0. The van der Waals surface area contributed by atoms with Crippen LogP contribution in [0.3, 0.4) is 0 Å². The first-order valence-electron chi connectivity index (χ1n) is 5.07. The summed E-state index contributed by atoms with van der Waals surface area (Å²) in [7, 11) is 0. The lowest BCUT2D eigenvalue weighted by atomic mass is 9.96. The molecule has 4 heteroatoms. The number of fused-ring (bicyclic) bond motifs is 1. The highest BCUT2D eigenvalue weighted by atomic mass is 79.9. The van der Waals surface area contributed by atoms with Crippen LogP contribution in [0, 0.1) is 0 Å². The number of pyridine rings is 1. The van der Waals surface area contributed by atoms with Gasteiger partial charge in [0, 0.05) is 16.1 Å². The fourth-order valence-corrected chi connectivity index (χ4v) is 2.28. The molecule has 0 fully saturated rings. The lowest BCUT2D eigenvalue weighted by molar-refractivity contribution is 0.112. The van der Waals surface area contributed by atoms with Crippen molar-refractivity contribution >= 4 is 27.7 Å². The van der Waals surface area contributed by atoms with E-state index in [1.165, 1.54) is 0 Å². The van der Waals surface area contributed by atoms with Gasteiger partial charge >= 0.3 is 0 Å². The summed E-state index contributed by atoms with van der Waals surface area (Å²) < 4.78 is 2.86. The fourth-order valence-electron chi connectivity index (χ4n) is 1.74. The van der Waals surface area contributed by atoms with Gasteiger partial charge in [-0.3, -0.25) is 4.79 Å². The van der Waals surface area contributed by atoms with Crippen LogP contribution in [0.1, 0.15) is 37.1 Å². The third-order valence-electron chi connectivity index (χ3n) is 2.42. The van der Waals surface area contributed by atoms with Crippen molar-refractivity contribution in [2.75, 3.05) is 0 Å². The smallest absolute Gasteiger partial charge is 0.170 e. The summed E-state index contributed by atoms with van der Waals surface area (Å²) in [5.41, 5.74) is 1.23. The predicted octanol–water partition coefficient (Wildman–Crippen LogP) is 3.21. The fraction of sp³-hybridized carbons (Fsp3) is 0.333. The molecule has 2 aromatic heterocycles. The SMILES string of the molecule is CC(C)(C)c1nc(C=O)c2c(Br)cccn12. The normalized spacial score (nSPS) is 12.0. The number of hydrogen-bond donors (Lipinski definition) is 0. The molecule has 0 unspecified atom stereocenters. The van der Waals surface area contributed by atoms with Crippen LogP contribution in [-0.2, 0) is 5.41 Å². The zero-order valence-corrected chi connectivity index (χ0v) is 11.1. The largest absolute Gasteiger partial charge is 0.301 e. The first kappa shape index (κ1) is 11.3. The Morgan fingerprint density at radius 3 is 2.69 bits per heavy atom. The van der Waals surface area contributed by atoms with E-state index in [4.69, 9.17) is 0 Å². The molecular formula is C12H13BrN2O. The number of rotatable bonds is 1. The second kappa shape index (κ2) is 3.70. The molecule has 16 heavy (non-hydrogen) atoms. The van der Waals surface area contributed by atoms with E-state index in [0.717, 1.165) is 22.1 Å². The van der Waals surface area contributed by atoms with Gasteiger partial charge in [0.2, 0.25) is 0 Å². The molecule has 0 spiro atoms. The second-order valence-corrected chi connectivity index (χ2v) is 5.62. The molecule has 0 aliphatic rings. The molecule has 0 aliphatic heterocycles. The van der Waals surface area contributed by atoms with Crippen molar-refractivity contribution in [1.29, 1.82) is 0 Å². The summed E-state index contributed by atoms with van der Waals surface area (Å²) in [5.74, 6) is 0.894. The molecular weight excluding hydrogens is 268 g/mol. The van der Waals surface area contributed by atoms with Crippen LogP contribution in [0.4, 0.5) is 0 Å². The van der Waals surface area contributed by atoms with E-state index >= 15 is 0 Å². The molecule has 0 N–H and O–H groups in total. The molecule has 2 aromatic rings. The van der Waals surface area contributed by atoms with Crippen molar-refractivity contribution in [2.24, 2.45) is 0 Å². The number of nitrogens with zero attached hydrogens (tertiary/aromatic N) is 2. The molecule has 2 rings (SSSR count). The van der Waals surface area contributed by atoms with Gasteiger partial charge < -0.3 is 4.40 Å². The summed E-state index contributed by atoms with van der Waals surface area (Å²) in [6, 6.07) is 3.85. The maximum atomic E-state index is 11.0. The van der Waals surface area contributed by atoms with Crippen LogP contribution < -0.4 is 0 Å². The van der Waals surface area contributed by atoms with Crippen LogP contribution >= 0.6 is 15.9 Å². The van der Waals surface area contributed by atoms with Gasteiger partial charge in [0.25, 0.3) is 0 Å². The van der Waals surface area contributed by atoms with Gasteiger partial charge in [-0.15, -0.1) is 0 Å². The Hall–Kier alpha value is -1.16. The van der Waals surface area contributed by atoms with E-state index in [1.54, 1.807) is 0 Å². The number of halogens is 1. The molecule has 0 aromatic carbocycles. The van der Waals surface area contributed by atoms with E-state index in [1.807, 2.05) is 22.7 Å². The highest BCUT2D eigenvalue weighted by Crippen LogP contribution is 2.27. The average Bonchev–Trinajstić information content (AvgIpc) is 2.57. The molecule has 84 valence electrons. The molecule has 3 nitrogen and oxygen atoms in total. The first-order valence-corrected chi connectivity index (χ1v) is 5.86. The maximum Gasteiger partial charge on any atom is 0.170 e. The van der Waals surface area contributed by atoms with Crippen LogP contribution in [-0.4, -0.2) is 15.7 Å². The maximum absolute atomic E-state index is 11.0. The summed E-state index contributed by atoms with van der Waals surface area (Å²) >= 11 is 3.45. The molecule has 0 amide bonds. The lowest BCUT2D eigenvalue weighted by Gasteiger charge is -2.16. The topological polar surface area (TPSA) is 34.4 Å². The van der Waals surface area contributed by atoms with Gasteiger partial charge in [-0.2, -0.15) is 0 Å². The van der Waals surface area contributed by atoms with Gasteiger partial charge in [0.05, 0.1) is 5.52 Å².